The van der Waals surface area contributed by atoms with E-state index < -0.39 is 0 Å². The molecular weight excluding hydrogens is 556 g/mol. The summed E-state index contributed by atoms with van der Waals surface area (Å²) in [4.78, 5) is 19.7. The first-order valence-corrected chi connectivity index (χ1v) is 12.9. The first kappa shape index (κ1) is 25.0. The molecule has 0 saturated heterocycles. The first-order chi connectivity index (χ1) is 17.9. The van der Waals surface area contributed by atoms with Gasteiger partial charge in [-0.25, -0.2) is 4.98 Å². The Kier molecular flexibility index (Phi) is 7.25. The van der Waals surface area contributed by atoms with E-state index in [1.54, 1.807) is 29.6 Å². The van der Waals surface area contributed by atoms with Gasteiger partial charge in [-0.15, -0.1) is 0 Å². The van der Waals surface area contributed by atoms with Crippen LogP contribution >= 0.6 is 27.5 Å². The number of aromatic nitrogens is 4. The summed E-state index contributed by atoms with van der Waals surface area (Å²) in [6, 6.07) is 19.1. The lowest BCUT2D eigenvalue weighted by atomic mass is 10.1. The number of halogens is 2. The monoisotopic (exact) mass is 578 g/mol. The maximum Gasteiger partial charge on any atom is 0.259 e. The Morgan fingerprint density at radius 3 is 2.70 bits per heavy atom. The number of rotatable bonds is 8. The minimum Gasteiger partial charge on any atom is -0.370 e. The molecule has 0 aliphatic heterocycles. The molecule has 0 spiro atoms. The molecular formula is C27H24BrClN6O2. The number of aryl methyl sites for hydroxylation is 1. The highest BCUT2D eigenvalue weighted by molar-refractivity contribution is 9.10. The normalized spacial score (nSPS) is 11.1. The van der Waals surface area contributed by atoms with Crippen molar-refractivity contribution in [3.63, 3.8) is 0 Å². The van der Waals surface area contributed by atoms with E-state index >= 15 is 0 Å². The average molecular weight is 580 g/mol. The van der Waals surface area contributed by atoms with E-state index in [0.29, 0.717) is 47.2 Å². The van der Waals surface area contributed by atoms with Crippen LogP contribution in [0.4, 0.5) is 5.82 Å². The van der Waals surface area contributed by atoms with E-state index in [1.165, 1.54) is 0 Å². The molecule has 1 N–H and O–H groups in total. The van der Waals surface area contributed by atoms with Gasteiger partial charge in [0, 0.05) is 42.4 Å². The van der Waals surface area contributed by atoms with E-state index in [0.717, 1.165) is 27.1 Å². The molecule has 0 fully saturated rings. The zero-order valence-corrected chi connectivity index (χ0v) is 22.6. The fourth-order valence-electron chi connectivity index (χ4n) is 4.11. The molecule has 0 saturated carbocycles. The van der Waals surface area contributed by atoms with Crippen LogP contribution in [-0.4, -0.2) is 50.7 Å². The molecule has 8 nitrogen and oxygen atoms in total. The van der Waals surface area contributed by atoms with Gasteiger partial charge in [0.25, 0.3) is 5.91 Å². The van der Waals surface area contributed by atoms with Crippen molar-refractivity contribution in [1.82, 2.24) is 24.7 Å². The van der Waals surface area contributed by atoms with E-state index in [2.05, 4.69) is 31.5 Å². The topological polar surface area (TPSA) is 88.6 Å². The van der Waals surface area contributed by atoms with Gasteiger partial charge in [-0.3, -0.25) is 4.79 Å². The van der Waals surface area contributed by atoms with Crippen molar-refractivity contribution < 1.29 is 9.32 Å². The molecule has 3 heterocycles. The predicted molar refractivity (Wildman–Crippen MR) is 148 cm³/mol. The van der Waals surface area contributed by atoms with Crippen molar-refractivity contribution in [3.8, 4) is 22.5 Å². The van der Waals surface area contributed by atoms with E-state index in [1.807, 2.05) is 60.7 Å². The van der Waals surface area contributed by atoms with E-state index in [-0.39, 0.29) is 5.91 Å². The lowest BCUT2D eigenvalue weighted by Crippen LogP contribution is -2.29. The van der Waals surface area contributed by atoms with Gasteiger partial charge in [0.1, 0.15) is 22.8 Å². The van der Waals surface area contributed by atoms with Gasteiger partial charge in [-0.1, -0.05) is 65.3 Å². The summed E-state index contributed by atoms with van der Waals surface area (Å²) in [6.45, 7) is 2.92. The molecule has 1 amide bonds. The zero-order chi connectivity index (χ0) is 25.9. The Morgan fingerprint density at radius 2 is 1.92 bits per heavy atom. The number of amides is 1. The van der Waals surface area contributed by atoms with Gasteiger partial charge >= 0.3 is 0 Å². The van der Waals surface area contributed by atoms with Crippen LogP contribution in [0.3, 0.4) is 0 Å². The first-order valence-electron chi connectivity index (χ1n) is 11.7. The van der Waals surface area contributed by atoms with Gasteiger partial charge in [0.15, 0.2) is 5.65 Å². The Hall–Kier alpha value is -3.69. The third-order valence-electron chi connectivity index (χ3n) is 6.03. The van der Waals surface area contributed by atoms with Gasteiger partial charge in [-0.2, -0.15) is 9.61 Å². The fraction of sp³-hybridized carbons (Fsp3) is 0.185. The lowest BCUT2D eigenvalue weighted by Gasteiger charge is -2.18. The van der Waals surface area contributed by atoms with E-state index in [4.69, 9.17) is 21.1 Å². The number of benzene rings is 2. The third-order valence-corrected chi connectivity index (χ3v) is 6.91. The van der Waals surface area contributed by atoms with Crippen molar-refractivity contribution in [2.75, 3.05) is 25.5 Å². The summed E-state index contributed by atoms with van der Waals surface area (Å²) in [7, 11) is 1.79. The second-order valence-electron chi connectivity index (χ2n) is 8.57. The maximum atomic E-state index is 13.3. The van der Waals surface area contributed by atoms with E-state index in [9.17, 15) is 4.79 Å². The standard InChI is InChI=1S/C27H24BrClN6O2/c1-17-24(25(33-37-17)18-9-4-3-5-10-18)27(36)34(2)14-8-13-30-23-15-22(19-11-6-7-12-21(19)29)32-26-20(28)16-31-35(23)26/h3-7,9-12,15-16,30H,8,13-14H2,1-2H3. The van der Waals surface area contributed by atoms with Crippen LogP contribution in [0.15, 0.2) is 75.9 Å². The molecule has 5 aromatic rings. The van der Waals surface area contributed by atoms with Crippen LogP contribution < -0.4 is 5.32 Å². The summed E-state index contributed by atoms with van der Waals surface area (Å²) < 4.78 is 7.89. The fourth-order valence-corrected chi connectivity index (χ4v) is 4.69. The highest BCUT2D eigenvalue weighted by Crippen LogP contribution is 2.30. The molecule has 2 aromatic carbocycles. The van der Waals surface area contributed by atoms with Crippen molar-refractivity contribution in [2.45, 2.75) is 13.3 Å². The van der Waals surface area contributed by atoms with Gasteiger partial charge in [0.2, 0.25) is 0 Å². The van der Waals surface area contributed by atoms with Crippen LogP contribution in [0.5, 0.6) is 0 Å². The SMILES string of the molecule is Cc1onc(-c2ccccc2)c1C(=O)N(C)CCCNc1cc(-c2ccccc2Cl)nc2c(Br)cnn12. The minimum absolute atomic E-state index is 0.124. The number of carbonyl (C=O) groups excluding carboxylic acids is 1. The Balaban J connectivity index is 1.29. The van der Waals surface area contributed by atoms with Crippen LogP contribution in [0, 0.1) is 6.92 Å². The van der Waals surface area contributed by atoms with Gasteiger partial charge in [-0.05, 0) is 35.3 Å². The number of hydrogen-bond donors (Lipinski definition) is 1. The zero-order valence-electron chi connectivity index (χ0n) is 20.3. The molecule has 188 valence electrons. The number of nitrogens with one attached hydrogen (secondary N) is 1. The largest absolute Gasteiger partial charge is 0.370 e. The van der Waals surface area contributed by atoms with Crippen LogP contribution in [0.25, 0.3) is 28.2 Å². The maximum absolute atomic E-state index is 13.3. The van der Waals surface area contributed by atoms with Crippen LogP contribution in [0.1, 0.15) is 22.5 Å². The number of anilines is 1. The average Bonchev–Trinajstić information content (AvgIpc) is 3.49. The molecule has 0 bridgehead atoms. The van der Waals surface area contributed by atoms with Gasteiger partial charge in [0.05, 0.1) is 16.4 Å². The summed E-state index contributed by atoms with van der Waals surface area (Å²) >= 11 is 9.95. The highest BCUT2D eigenvalue weighted by atomic mass is 79.9. The quantitative estimate of drug-likeness (QED) is 0.216. The van der Waals surface area contributed by atoms with Crippen molar-refractivity contribution in [2.24, 2.45) is 0 Å². The molecule has 0 aliphatic rings. The smallest absolute Gasteiger partial charge is 0.259 e. The van der Waals surface area contributed by atoms with Crippen molar-refractivity contribution >= 4 is 44.9 Å². The molecule has 37 heavy (non-hydrogen) atoms. The van der Waals surface area contributed by atoms with Crippen molar-refractivity contribution in [1.29, 1.82) is 0 Å². The Labute approximate surface area is 227 Å². The molecule has 10 heteroatoms. The summed E-state index contributed by atoms with van der Waals surface area (Å²) in [5.41, 5.74) is 4.16. The van der Waals surface area contributed by atoms with Crippen LogP contribution in [-0.2, 0) is 0 Å². The molecule has 0 unspecified atom stereocenters. The summed E-state index contributed by atoms with van der Waals surface area (Å²) in [5, 5.41) is 12.6. The number of nitrogens with zero attached hydrogens (tertiary/aromatic N) is 5. The second-order valence-corrected chi connectivity index (χ2v) is 9.83. The highest BCUT2D eigenvalue weighted by Gasteiger charge is 2.24. The molecule has 5 rings (SSSR count). The Morgan fingerprint density at radius 1 is 1.16 bits per heavy atom. The minimum atomic E-state index is -0.124. The number of hydrogen-bond acceptors (Lipinski definition) is 6. The predicted octanol–water partition coefficient (Wildman–Crippen LogP) is 6.35. The molecule has 3 aromatic heterocycles. The summed E-state index contributed by atoms with van der Waals surface area (Å²) in [5.74, 6) is 1.16. The lowest BCUT2D eigenvalue weighted by molar-refractivity contribution is 0.0793. The van der Waals surface area contributed by atoms with Gasteiger partial charge < -0.3 is 14.7 Å². The Bertz CT molecular complexity index is 1570. The number of fused-ring (bicyclic) bond motifs is 1. The summed E-state index contributed by atoms with van der Waals surface area (Å²) in [6.07, 6.45) is 2.42. The third kappa shape index (κ3) is 5.10. The molecule has 0 atom stereocenters. The van der Waals surface area contributed by atoms with Crippen LogP contribution in [0.2, 0.25) is 5.02 Å². The van der Waals surface area contributed by atoms with Crippen molar-refractivity contribution in [3.05, 3.63) is 87.7 Å². The molecule has 0 radical (unpaired) electrons. The molecule has 0 aliphatic carbocycles. The second kappa shape index (κ2) is 10.7. The number of carbonyl (C=O) groups is 1.